The van der Waals surface area contributed by atoms with Crippen molar-refractivity contribution in [1.82, 2.24) is 0 Å². The molecular formula is C7H4BrFINO. The van der Waals surface area contributed by atoms with Crippen molar-refractivity contribution < 1.29 is 9.18 Å². The Morgan fingerprint density at radius 1 is 1.58 bits per heavy atom. The summed E-state index contributed by atoms with van der Waals surface area (Å²) in [5, 5.41) is 0. The first-order valence-corrected chi connectivity index (χ1v) is 4.84. The Kier molecular flexibility index (Phi) is 3.05. The monoisotopic (exact) mass is 343 g/mol. The number of nitrogens with two attached hydrogens (primary N) is 1. The number of carbonyl (C=O) groups excluding carboxylic acids is 1. The van der Waals surface area contributed by atoms with Gasteiger partial charge in [-0.15, -0.1) is 0 Å². The second-order valence-corrected chi connectivity index (χ2v) is 4.19. The van der Waals surface area contributed by atoms with Crippen LogP contribution in [0.25, 0.3) is 0 Å². The molecule has 0 spiro atoms. The highest BCUT2D eigenvalue weighted by atomic mass is 127. The minimum absolute atomic E-state index is 0.0567. The Morgan fingerprint density at radius 2 is 2.17 bits per heavy atom. The molecule has 1 amide bonds. The molecule has 1 aromatic rings. The van der Waals surface area contributed by atoms with Gasteiger partial charge in [-0.2, -0.15) is 0 Å². The maximum absolute atomic E-state index is 13.0. The first-order valence-electron chi connectivity index (χ1n) is 2.96. The third-order valence-electron chi connectivity index (χ3n) is 1.25. The van der Waals surface area contributed by atoms with Crippen LogP contribution in [0, 0.1) is 9.39 Å². The van der Waals surface area contributed by atoms with Gasteiger partial charge in [0.2, 0.25) is 0 Å². The number of hydrogen-bond acceptors (Lipinski definition) is 1. The minimum atomic E-state index is -0.746. The Hall–Kier alpha value is -0.170. The van der Waals surface area contributed by atoms with E-state index in [0.717, 1.165) is 0 Å². The normalized spacial score (nSPS) is 9.92. The van der Waals surface area contributed by atoms with Crippen molar-refractivity contribution in [2.24, 2.45) is 5.73 Å². The predicted octanol–water partition coefficient (Wildman–Crippen LogP) is 2.29. The zero-order chi connectivity index (χ0) is 9.30. The molecule has 1 aromatic carbocycles. The maximum atomic E-state index is 13.0. The summed E-state index contributed by atoms with van der Waals surface area (Å²) in [6.45, 7) is 0. The van der Waals surface area contributed by atoms with E-state index in [9.17, 15) is 9.18 Å². The van der Waals surface area contributed by atoms with Gasteiger partial charge in [-0.1, -0.05) is 15.9 Å². The van der Waals surface area contributed by atoms with Gasteiger partial charge in [0.15, 0.2) is 0 Å². The second kappa shape index (κ2) is 3.69. The highest BCUT2D eigenvalue weighted by Crippen LogP contribution is 2.21. The highest BCUT2D eigenvalue weighted by molar-refractivity contribution is 14.1. The van der Waals surface area contributed by atoms with E-state index in [-0.39, 0.29) is 5.56 Å². The molecule has 1 rings (SSSR count). The molecule has 0 aromatic heterocycles. The molecule has 0 radical (unpaired) electrons. The number of rotatable bonds is 1. The zero-order valence-electron chi connectivity index (χ0n) is 5.77. The SMILES string of the molecule is NC(=O)c1c(F)cc(Br)cc1I. The molecule has 0 atom stereocenters. The molecule has 2 nitrogen and oxygen atoms in total. The zero-order valence-corrected chi connectivity index (χ0v) is 9.52. The van der Waals surface area contributed by atoms with Crippen LogP contribution >= 0.6 is 38.5 Å². The molecule has 12 heavy (non-hydrogen) atoms. The van der Waals surface area contributed by atoms with Crippen molar-refractivity contribution in [1.29, 1.82) is 0 Å². The van der Waals surface area contributed by atoms with Crippen LogP contribution in [0.2, 0.25) is 0 Å². The first-order chi connectivity index (χ1) is 5.52. The van der Waals surface area contributed by atoms with Crippen molar-refractivity contribution in [2.75, 3.05) is 0 Å². The van der Waals surface area contributed by atoms with E-state index in [1.807, 2.05) is 22.6 Å². The fourth-order valence-electron chi connectivity index (χ4n) is 0.778. The molecule has 5 heteroatoms. The van der Waals surface area contributed by atoms with E-state index in [1.165, 1.54) is 6.07 Å². The molecular weight excluding hydrogens is 340 g/mol. The predicted molar refractivity (Wildman–Crippen MR) is 55.3 cm³/mol. The van der Waals surface area contributed by atoms with E-state index >= 15 is 0 Å². The summed E-state index contributed by atoms with van der Waals surface area (Å²) in [6.07, 6.45) is 0. The summed E-state index contributed by atoms with van der Waals surface area (Å²) in [4.78, 5) is 10.7. The maximum Gasteiger partial charge on any atom is 0.252 e. The topological polar surface area (TPSA) is 43.1 Å². The summed E-state index contributed by atoms with van der Waals surface area (Å²) in [7, 11) is 0. The lowest BCUT2D eigenvalue weighted by molar-refractivity contribution is 0.0995. The van der Waals surface area contributed by atoms with Gasteiger partial charge in [-0.25, -0.2) is 4.39 Å². The van der Waals surface area contributed by atoms with Crippen LogP contribution in [-0.2, 0) is 0 Å². The van der Waals surface area contributed by atoms with E-state index in [0.29, 0.717) is 8.04 Å². The molecule has 64 valence electrons. The van der Waals surface area contributed by atoms with E-state index in [2.05, 4.69) is 15.9 Å². The Morgan fingerprint density at radius 3 is 2.58 bits per heavy atom. The van der Waals surface area contributed by atoms with Crippen molar-refractivity contribution in [3.8, 4) is 0 Å². The summed E-state index contributed by atoms with van der Waals surface area (Å²) < 4.78 is 14.1. The summed E-state index contributed by atoms with van der Waals surface area (Å²) in [5.74, 6) is -1.34. The number of hydrogen-bond donors (Lipinski definition) is 1. The van der Waals surface area contributed by atoms with Crippen molar-refractivity contribution in [3.63, 3.8) is 0 Å². The lowest BCUT2D eigenvalue weighted by atomic mass is 10.2. The molecule has 0 saturated carbocycles. The van der Waals surface area contributed by atoms with E-state index in [1.54, 1.807) is 6.07 Å². The molecule has 2 N–H and O–H groups in total. The van der Waals surface area contributed by atoms with Gasteiger partial charge < -0.3 is 5.73 Å². The largest absolute Gasteiger partial charge is 0.365 e. The minimum Gasteiger partial charge on any atom is -0.365 e. The number of halogens is 3. The lowest BCUT2D eigenvalue weighted by Crippen LogP contribution is -2.15. The van der Waals surface area contributed by atoms with Crippen molar-refractivity contribution in [3.05, 3.63) is 31.6 Å². The summed E-state index contributed by atoms with van der Waals surface area (Å²) in [5.41, 5.74) is 4.91. The molecule has 0 fully saturated rings. The third kappa shape index (κ3) is 1.95. The van der Waals surface area contributed by atoms with Gasteiger partial charge >= 0.3 is 0 Å². The number of benzene rings is 1. The number of carbonyl (C=O) groups is 1. The smallest absolute Gasteiger partial charge is 0.252 e. The van der Waals surface area contributed by atoms with Crippen LogP contribution in [0.5, 0.6) is 0 Å². The molecule has 0 aliphatic carbocycles. The molecule has 0 bridgehead atoms. The van der Waals surface area contributed by atoms with Crippen molar-refractivity contribution >= 4 is 44.4 Å². The average molecular weight is 344 g/mol. The van der Waals surface area contributed by atoms with Crippen LogP contribution in [0.3, 0.4) is 0 Å². The summed E-state index contributed by atoms with van der Waals surface area (Å²) in [6, 6.07) is 2.84. The van der Waals surface area contributed by atoms with Gasteiger partial charge in [0.1, 0.15) is 5.82 Å². The van der Waals surface area contributed by atoms with Gasteiger partial charge in [-0.3, -0.25) is 4.79 Å². The van der Waals surface area contributed by atoms with Crippen LogP contribution in [0.15, 0.2) is 16.6 Å². The fourth-order valence-corrected chi connectivity index (χ4v) is 2.49. The lowest BCUT2D eigenvalue weighted by Gasteiger charge is -2.01. The Bertz CT molecular complexity index is 319. The van der Waals surface area contributed by atoms with Gasteiger partial charge in [0.25, 0.3) is 5.91 Å². The Balaban J connectivity index is 3.38. The van der Waals surface area contributed by atoms with Crippen LogP contribution < -0.4 is 5.73 Å². The number of primary amides is 1. The van der Waals surface area contributed by atoms with E-state index in [4.69, 9.17) is 5.73 Å². The second-order valence-electron chi connectivity index (χ2n) is 2.11. The van der Waals surface area contributed by atoms with Gasteiger partial charge in [0, 0.05) is 8.04 Å². The molecule has 0 heterocycles. The third-order valence-corrected chi connectivity index (χ3v) is 2.56. The fraction of sp³-hybridized carbons (Fsp3) is 0. The summed E-state index contributed by atoms with van der Waals surface area (Å²) >= 11 is 4.96. The molecule has 0 unspecified atom stereocenters. The molecule has 0 aliphatic rings. The van der Waals surface area contributed by atoms with Gasteiger partial charge in [-0.05, 0) is 34.7 Å². The first kappa shape index (κ1) is 9.91. The Labute approximate surface area is 90.6 Å². The van der Waals surface area contributed by atoms with Crippen LogP contribution in [0.1, 0.15) is 10.4 Å². The van der Waals surface area contributed by atoms with E-state index < -0.39 is 11.7 Å². The molecule has 0 aliphatic heterocycles. The quantitative estimate of drug-likeness (QED) is 0.781. The van der Waals surface area contributed by atoms with Crippen LogP contribution in [0.4, 0.5) is 4.39 Å². The molecule has 0 saturated heterocycles. The highest BCUT2D eigenvalue weighted by Gasteiger charge is 2.12. The van der Waals surface area contributed by atoms with Crippen LogP contribution in [-0.4, -0.2) is 5.91 Å². The van der Waals surface area contributed by atoms with Crippen molar-refractivity contribution in [2.45, 2.75) is 0 Å². The average Bonchev–Trinajstić information content (AvgIpc) is 1.82. The number of amides is 1. The standard InChI is InChI=1S/C7H4BrFINO/c8-3-1-4(9)6(7(11)12)5(10)2-3/h1-2H,(H2,11,12). The van der Waals surface area contributed by atoms with Gasteiger partial charge in [0.05, 0.1) is 5.56 Å².